The molecule has 36 heavy (non-hydrogen) atoms. The fraction of sp³-hybridized carbons (Fsp3) is 0.161. The summed E-state index contributed by atoms with van der Waals surface area (Å²) in [5.41, 5.74) is 5.36. The molecule has 0 fully saturated rings. The zero-order chi connectivity index (χ0) is 24.5. The molecule has 1 aromatic heterocycles. The standard InChI is InChI=1S/C31H25NO4/c1-2-34-31(33)24-16-15-22(25-18-23-7-3-4-8-26(23)32-30(24)25)17-20-11-13-21(14-12-20)29-19-35-27-9-5-6-10-28(27)36-29/h3-16,18,29H,2,17,19H2,1H3/t29-/m1/s1. The maximum atomic E-state index is 12.6. The summed E-state index contributed by atoms with van der Waals surface area (Å²) >= 11 is 0. The highest BCUT2D eigenvalue weighted by Gasteiger charge is 2.22. The Hall–Kier alpha value is -4.38. The van der Waals surface area contributed by atoms with Gasteiger partial charge in [-0.25, -0.2) is 9.78 Å². The number of pyridine rings is 1. The van der Waals surface area contributed by atoms with Crippen molar-refractivity contribution in [2.45, 2.75) is 19.4 Å². The van der Waals surface area contributed by atoms with Crippen molar-refractivity contribution in [2.24, 2.45) is 0 Å². The number of hydrogen-bond acceptors (Lipinski definition) is 5. The van der Waals surface area contributed by atoms with Crippen molar-refractivity contribution in [2.75, 3.05) is 13.2 Å². The summed E-state index contributed by atoms with van der Waals surface area (Å²) in [6.07, 6.45) is 0.569. The van der Waals surface area contributed by atoms with E-state index in [1.165, 1.54) is 0 Å². The molecule has 5 aromatic rings. The lowest BCUT2D eigenvalue weighted by atomic mass is 9.96. The number of carbonyl (C=O) groups excluding carboxylic acids is 1. The summed E-state index contributed by atoms with van der Waals surface area (Å²) in [6.45, 7) is 2.61. The Balaban J connectivity index is 1.32. The number of fused-ring (bicyclic) bond motifs is 3. The van der Waals surface area contributed by atoms with Gasteiger partial charge in [-0.05, 0) is 60.4 Å². The first kappa shape index (κ1) is 22.1. The lowest BCUT2D eigenvalue weighted by Crippen LogP contribution is -2.21. The molecule has 0 radical (unpaired) electrons. The third-order valence-corrected chi connectivity index (χ3v) is 6.53. The minimum Gasteiger partial charge on any atom is -0.485 e. The SMILES string of the molecule is CCOC(=O)c1ccc(Cc2ccc([C@H]3COc4ccccc4O3)cc2)c2cc3ccccc3nc12. The largest absolute Gasteiger partial charge is 0.485 e. The molecule has 1 aliphatic heterocycles. The molecule has 0 amide bonds. The molecule has 5 heteroatoms. The average molecular weight is 476 g/mol. The minimum absolute atomic E-state index is 0.144. The number of carbonyl (C=O) groups is 1. The number of aromatic nitrogens is 1. The lowest BCUT2D eigenvalue weighted by molar-refractivity contribution is 0.0528. The van der Waals surface area contributed by atoms with E-state index in [0.717, 1.165) is 44.5 Å². The van der Waals surface area contributed by atoms with Crippen molar-refractivity contribution in [3.8, 4) is 11.5 Å². The summed E-state index contributed by atoms with van der Waals surface area (Å²) in [4.78, 5) is 17.5. The van der Waals surface area contributed by atoms with Gasteiger partial charge in [0.2, 0.25) is 0 Å². The predicted molar refractivity (Wildman–Crippen MR) is 140 cm³/mol. The summed E-state index contributed by atoms with van der Waals surface area (Å²) < 4.78 is 17.3. The molecule has 5 nitrogen and oxygen atoms in total. The first-order valence-electron chi connectivity index (χ1n) is 12.2. The van der Waals surface area contributed by atoms with Crippen LogP contribution in [0.1, 0.15) is 40.1 Å². The van der Waals surface area contributed by atoms with Crippen LogP contribution in [0.2, 0.25) is 0 Å². The number of rotatable bonds is 5. The maximum absolute atomic E-state index is 12.6. The van der Waals surface area contributed by atoms with Gasteiger partial charge in [-0.15, -0.1) is 0 Å². The van der Waals surface area contributed by atoms with Crippen LogP contribution < -0.4 is 9.47 Å². The Kier molecular flexibility index (Phi) is 5.74. The molecule has 2 heterocycles. The van der Waals surface area contributed by atoms with Crippen LogP contribution in [0.4, 0.5) is 0 Å². The summed E-state index contributed by atoms with van der Waals surface area (Å²) in [6, 6.07) is 30.1. The van der Waals surface area contributed by atoms with Crippen molar-refractivity contribution >= 4 is 27.8 Å². The van der Waals surface area contributed by atoms with Gasteiger partial charge in [-0.1, -0.05) is 60.7 Å². The Morgan fingerprint density at radius 1 is 0.944 bits per heavy atom. The average Bonchev–Trinajstić information content (AvgIpc) is 2.92. The number of ether oxygens (including phenoxy) is 3. The predicted octanol–water partition coefficient (Wildman–Crippen LogP) is 6.67. The van der Waals surface area contributed by atoms with Gasteiger partial charge in [-0.3, -0.25) is 0 Å². The first-order chi connectivity index (χ1) is 17.7. The number of para-hydroxylation sites is 3. The van der Waals surface area contributed by atoms with Crippen LogP contribution in [0.25, 0.3) is 21.8 Å². The highest BCUT2D eigenvalue weighted by Crippen LogP contribution is 2.36. The van der Waals surface area contributed by atoms with Gasteiger partial charge >= 0.3 is 5.97 Å². The fourth-order valence-electron chi connectivity index (χ4n) is 4.70. The van der Waals surface area contributed by atoms with Crippen LogP contribution in [0, 0.1) is 0 Å². The second-order valence-corrected chi connectivity index (χ2v) is 8.85. The second kappa shape index (κ2) is 9.34. The van der Waals surface area contributed by atoms with Crippen LogP contribution in [0.5, 0.6) is 11.5 Å². The van der Waals surface area contributed by atoms with E-state index in [2.05, 4.69) is 30.3 Å². The molecule has 0 saturated carbocycles. The summed E-state index contributed by atoms with van der Waals surface area (Å²) in [7, 11) is 0. The van der Waals surface area contributed by atoms with Crippen molar-refractivity contribution in [1.29, 1.82) is 0 Å². The van der Waals surface area contributed by atoms with E-state index >= 15 is 0 Å². The molecule has 6 rings (SSSR count). The highest BCUT2D eigenvalue weighted by atomic mass is 16.6. The smallest absolute Gasteiger partial charge is 0.340 e. The van der Waals surface area contributed by atoms with Gasteiger partial charge in [0.15, 0.2) is 17.6 Å². The molecule has 0 unspecified atom stereocenters. The van der Waals surface area contributed by atoms with E-state index in [-0.39, 0.29) is 12.1 Å². The van der Waals surface area contributed by atoms with Gasteiger partial charge in [-0.2, -0.15) is 0 Å². The third-order valence-electron chi connectivity index (χ3n) is 6.53. The zero-order valence-corrected chi connectivity index (χ0v) is 19.9. The van der Waals surface area contributed by atoms with Crippen molar-refractivity contribution < 1.29 is 19.0 Å². The van der Waals surface area contributed by atoms with Crippen LogP contribution in [-0.4, -0.2) is 24.2 Å². The molecular weight excluding hydrogens is 450 g/mol. The zero-order valence-electron chi connectivity index (χ0n) is 19.9. The molecule has 0 aliphatic carbocycles. The molecule has 1 aliphatic rings. The van der Waals surface area contributed by atoms with Gasteiger partial charge < -0.3 is 14.2 Å². The topological polar surface area (TPSA) is 57.7 Å². The number of hydrogen-bond donors (Lipinski definition) is 0. The van der Waals surface area contributed by atoms with E-state index in [1.54, 1.807) is 0 Å². The van der Waals surface area contributed by atoms with Crippen molar-refractivity contribution in [1.82, 2.24) is 4.98 Å². The summed E-state index contributed by atoms with van der Waals surface area (Å²) in [5, 5.41) is 2.00. The quantitative estimate of drug-likeness (QED) is 0.210. The van der Waals surface area contributed by atoms with Crippen molar-refractivity contribution in [3.63, 3.8) is 0 Å². The molecular formula is C31H25NO4. The molecule has 178 valence electrons. The number of nitrogens with zero attached hydrogens (tertiary/aromatic N) is 1. The molecule has 0 spiro atoms. The minimum atomic E-state index is -0.350. The van der Waals surface area contributed by atoms with E-state index in [4.69, 9.17) is 19.2 Å². The summed E-state index contributed by atoms with van der Waals surface area (Å²) in [5.74, 6) is 1.20. The van der Waals surface area contributed by atoms with Gasteiger partial charge in [0, 0.05) is 10.8 Å². The number of benzene rings is 4. The fourth-order valence-corrected chi connectivity index (χ4v) is 4.70. The molecule has 0 N–H and O–H groups in total. The van der Waals surface area contributed by atoms with E-state index < -0.39 is 0 Å². The number of esters is 1. The van der Waals surface area contributed by atoms with Gasteiger partial charge in [0.05, 0.1) is 23.2 Å². The van der Waals surface area contributed by atoms with Crippen LogP contribution >= 0.6 is 0 Å². The molecule has 0 bridgehead atoms. The van der Waals surface area contributed by atoms with Gasteiger partial charge in [0.1, 0.15) is 6.61 Å². The van der Waals surface area contributed by atoms with E-state index in [1.807, 2.05) is 67.6 Å². The first-order valence-corrected chi connectivity index (χ1v) is 12.2. The molecule has 4 aromatic carbocycles. The molecule has 1 atom stereocenters. The van der Waals surface area contributed by atoms with Crippen LogP contribution in [-0.2, 0) is 11.2 Å². The lowest BCUT2D eigenvalue weighted by Gasteiger charge is -2.26. The van der Waals surface area contributed by atoms with Crippen LogP contribution in [0.3, 0.4) is 0 Å². The Labute approximate surface area is 209 Å². The Morgan fingerprint density at radius 3 is 2.56 bits per heavy atom. The second-order valence-electron chi connectivity index (χ2n) is 8.85. The van der Waals surface area contributed by atoms with E-state index in [9.17, 15) is 4.79 Å². The molecule has 0 saturated heterocycles. The monoisotopic (exact) mass is 475 g/mol. The third kappa shape index (κ3) is 4.13. The van der Waals surface area contributed by atoms with Crippen LogP contribution in [0.15, 0.2) is 91.0 Å². The highest BCUT2D eigenvalue weighted by molar-refractivity contribution is 6.06. The van der Waals surface area contributed by atoms with Crippen molar-refractivity contribution in [3.05, 3.63) is 113 Å². The Morgan fingerprint density at radius 2 is 1.72 bits per heavy atom. The Bertz CT molecular complexity index is 1580. The normalized spacial score (nSPS) is 14.6. The van der Waals surface area contributed by atoms with E-state index in [0.29, 0.717) is 30.7 Å². The van der Waals surface area contributed by atoms with Gasteiger partial charge in [0.25, 0.3) is 0 Å². The maximum Gasteiger partial charge on any atom is 0.340 e.